The SMILES string of the molecule is CCc1cc(-c2ccc(O)cc2)nc(N)n1. The Labute approximate surface area is 93.8 Å². The zero-order valence-corrected chi connectivity index (χ0v) is 9.01. The van der Waals surface area contributed by atoms with E-state index in [0.717, 1.165) is 23.4 Å². The van der Waals surface area contributed by atoms with Crippen molar-refractivity contribution in [2.45, 2.75) is 13.3 Å². The summed E-state index contributed by atoms with van der Waals surface area (Å²) in [5.41, 5.74) is 8.24. The molecule has 0 spiro atoms. The van der Waals surface area contributed by atoms with E-state index in [9.17, 15) is 5.11 Å². The van der Waals surface area contributed by atoms with Gasteiger partial charge in [-0.3, -0.25) is 0 Å². The zero-order valence-electron chi connectivity index (χ0n) is 9.01. The van der Waals surface area contributed by atoms with E-state index in [4.69, 9.17) is 5.73 Å². The average molecular weight is 215 g/mol. The number of rotatable bonds is 2. The van der Waals surface area contributed by atoms with E-state index >= 15 is 0 Å². The lowest BCUT2D eigenvalue weighted by molar-refractivity contribution is 0.475. The second-order valence-electron chi connectivity index (χ2n) is 3.50. The van der Waals surface area contributed by atoms with Crippen LogP contribution >= 0.6 is 0 Å². The van der Waals surface area contributed by atoms with Crippen LogP contribution in [-0.2, 0) is 6.42 Å². The highest BCUT2D eigenvalue weighted by Gasteiger charge is 2.03. The maximum atomic E-state index is 9.20. The molecule has 4 nitrogen and oxygen atoms in total. The van der Waals surface area contributed by atoms with Crippen LogP contribution in [0.3, 0.4) is 0 Å². The van der Waals surface area contributed by atoms with Crippen molar-refractivity contribution in [1.82, 2.24) is 9.97 Å². The third-order valence-electron chi connectivity index (χ3n) is 2.32. The predicted octanol–water partition coefficient (Wildman–Crippen LogP) is 1.99. The largest absolute Gasteiger partial charge is 0.508 e. The Bertz CT molecular complexity index is 494. The normalized spacial score (nSPS) is 10.3. The molecule has 1 aromatic heterocycles. The van der Waals surface area contributed by atoms with Crippen LogP contribution in [0.2, 0.25) is 0 Å². The lowest BCUT2D eigenvalue weighted by Gasteiger charge is -2.04. The maximum Gasteiger partial charge on any atom is 0.220 e. The van der Waals surface area contributed by atoms with Gasteiger partial charge in [0.1, 0.15) is 5.75 Å². The second-order valence-corrected chi connectivity index (χ2v) is 3.50. The summed E-state index contributed by atoms with van der Waals surface area (Å²) in [6.07, 6.45) is 0.817. The molecule has 2 rings (SSSR count). The summed E-state index contributed by atoms with van der Waals surface area (Å²) in [5, 5.41) is 9.20. The van der Waals surface area contributed by atoms with Crippen molar-refractivity contribution >= 4 is 5.95 Å². The first-order chi connectivity index (χ1) is 7.69. The summed E-state index contributed by atoms with van der Waals surface area (Å²) in [6.45, 7) is 2.02. The summed E-state index contributed by atoms with van der Waals surface area (Å²) < 4.78 is 0. The van der Waals surface area contributed by atoms with E-state index in [1.54, 1.807) is 24.3 Å². The third kappa shape index (κ3) is 2.11. The van der Waals surface area contributed by atoms with Crippen molar-refractivity contribution in [2.24, 2.45) is 0 Å². The fraction of sp³-hybridized carbons (Fsp3) is 0.167. The molecule has 0 aliphatic rings. The van der Waals surface area contributed by atoms with Gasteiger partial charge in [0, 0.05) is 11.3 Å². The van der Waals surface area contributed by atoms with Crippen LogP contribution in [0.4, 0.5) is 5.95 Å². The number of phenols is 1. The minimum absolute atomic E-state index is 0.237. The summed E-state index contributed by atoms with van der Waals surface area (Å²) in [6, 6.07) is 8.76. The van der Waals surface area contributed by atoms with Crippen molar-refractivity contribution in [3.05, 3.63) is 36.0 Å². The van der Waals surface area contributed by atoms with E-state index in [1.165, 1.54) is 0 Å². The lowest BCUT2D eigenvalue weighted by Crippen LogP contribution is -2.00. The number of anilines is 1. The fourth-order valence-electron chi connectivity index (χ4n) is 1.48. The molecule has 0 unspecified atom stereocenters. The molecule has 0 saturated heterocycles. The average Bonchev–Trinajstić information content (AvgIpc) is 2.29. The van der Waals surface area contributed by atoms with Crippen LogP contribution in [0.1, 0.15) is 12.6 Å². The number of benzene rings is 1. The van der Waals surface area contributed by atoms with Crippen molar-refractivity contribution < 1.29 is 5.11 Å². The molecule has 0 amide bonds. The first-order valence-electron chi connectivity index (χ1n) is 5.12. The molecule has 1 aromatic carbocycles. The van der Waals surface area contributed by atoms with Crippen LogP contribution in [0, 0.1) is 0 Å². The first-order valence-corrected chi connectivity index (χ1v) is 5.12. The van der Waals surface area contributed by atoms with Gasteiger partial charge >= 0.3 is 0 Å². The Morgan fingerprint density at radius 3 is 2.50 bits per heavy atom. The minimum atomic E-state index is 0.237. The fourth-order valence-corrected chi connectivity index (χ4v) is 1.48. The number of nitrogen functional groups attached to an aromatic ring is 1. The van der Waals surface area contributed by atoms with E-state index in [-0.39, 0.29) is 11.7 Å². The Balaban J connectivity index is 2.47. The van der Waals surface area contributed by atoms with Gasteiger partial charge in [-0.1, -0.05) is 6.92 Å². The van der Waals surface area contributed by atoms with Crippen molar-refractivity contribution in [3.63, 3.8) is 0 Å². The molecule has 0 atom stereocenters. The topological polar surface area (TPSA) is 72.0 Å². The van der Waals surface area contributed by atoms with Crippen molar-refractivity contribution in [1.29, 1.82) is 0 Å². The smallest absolute Gasteiger partial charge is 0.220 e. The summed E-state index contributed by atoms with van der Waals surface area (Å²) in [7, 11) is 0. The van der Waals surface area contributed by atoms with Crippen LogP contribution < -0.4 is 5.73 Å². The number of phenolic OH excluding ortho intramolecular Hbond substituents is 1. The zero-order chi connectivity index (χ0) is 11.5. The molecule has 2 aromatic rings. The molecule has 16 heavy (non-hydrogen) atoms. The standard InChI is InChI=1S/C12H13N3O/c1-2-9-7-11(15-12(13)14-9)8-3-5-10(16)6-4-8/h3-7,16H,2H2,1H3,(H2,13,14,15). The van der Waals surface area contributed by atoms with Gasteiger partial charge in [0.15, 0.2) is 0 Å². The summed E-state index contributed by atoms with van der Waals surface area (Å²) in [4.78, 5) is 8.28. The molecule has 0 aliphatic heterocycles. The molecule has 0 saturated carbocycles. The number of aromatic nitrogens is 2. The number of hydrogen-bond acceptors (Lipinski definition) is 4. The van der Waals surface area contributed by atoms with E-state index in [2.05, 4.69) is 9.97 Å². The number of aromatic hydroxyl groups is 1. The Morgan fingerprint density at radius 2 is 1.88 bits per heavy atom. The predicted molar refractivity (Wildman–Crippen MR) is 62.9 cm³/mol. The first kappa shape index (κ1) is 10.4. The molecule has 0 fully saturated rings. The molecule has 82 valence electrons. The minimum Gasteiger partial charge on any atom is -0.508 e. The number of hydrogen-bond donors (Lipinski definition) is 2. The van der Waals surface area contributed by atoms with Gasteiger partial charge < -0.3 is 10.8 Å². The van der Waals surface area contributed by atoms with Crippen LogP contribution in [-0.4, -0.2) is 15.1 Å². The highest BCUT2D eigenvalue weighted by Crippen LogP contribution is 2.21. The van der Waals surface area contributed by atoms with Gasteiger partial charge in [-0.25, -0.2) is 9.97 Å². The van der Waals surface area contributed by atoms with Crippen molar-refractivity contribution in [2.75, 3.05) is 5.73 Å². The summed E-state index contributed by atoms with van der Waals surface area (Å²) in [5.74, 6) is 0.518. The molecule has 0 aliphatic carbocycles. The Hall–Kier alpha value is -2.10. The van der Waals surface area contributed by atoms with Crippen LogP contribution in [0.15, 0.2) is 30.3 Å². The highest BCUT2D eigenvalue weighted by molar-refractivity contribution is 5.61. The van der Waals surface area contributed by atoms with E-state index < -0.39 is 0 Å². The number of nitrogens with two attached hydrogens (primary N) is 1. The van der Waals surface area contributed by atoms with E-state index in [0.29, 0.717) is 0 Å². The second kappa shape index (κ2) is 4.18. The molecule has 4 heteroatoms. The highest BCUT2D eigenvalue weighted by atomic mass is 16.3. The van der Waals surface area contributed by atoms with Crippen LogP contribution in [0.25, 0.3) is 11.3 Å². The molecule has 3 N–H and O–H groups in total. The van der Waals surface area contributed by atoms with Gasteiger partial charge in [0.05, 0.1) is 5.69 Å². The van der Waals surface area contributed by atoms with Crippen molar-refractivity contribution in [3.8, 4) is 17.0 Å². The molecule has 0 bridgehead atoms. The van der Waals surface area contributed by atoms with Gasteiger partial charge in [-0.15, -0.1) is 0 Å². The number of nitrogens with zero attached hydrogens (tertiary/aromatic N) is 2. The molecular weight excluding hydrogens is 202 g/mol. The van der Waals surface area contributed by atoms with Gasteiger partial charge in [0.25, 0.3) is 0 Å². The quantitative estimate of drug-likeness (QED) is 0.803. The molecular formula is C12H13N3O. The number of aryl methyl sites for hydroxylation is 1. The Morgan fingerprint density at radius 1 is 1.19 bits per heavy atom. The maximum absolute atomic E-state index is 9.20. The van der Waals surface area contributed by atoms with Gasteiger partial charge in [0.2, 0.25) is 5.95 Å². The van der Waals surface area contributed by atoms with E-state index in [1.807, 2.05) is 13.0 Å². The molecule has 1 heterocycles. The third-order valence-corrected chi connectivity index (χ3v) is 2.32. The summed E-state index contributed by atoms with van der Waals surface area (Å²) >= 11 is 0. The van der Waals surface area contributed by atoms with Gasteiger partial charge in [-0.2, -0.15) is 0 Å². The monoisotopic (exact) mass is 215 g/mol. The van der Waals surface area contributed by atoms with Gasteiger partial charge in [-0.05, 0) is 36.8 Å². The molecule has 0 radical (unpaired) electrons. The van der Waals surface area contributed by atoms with Crippen LogP contribution in [0.5, 0.6) is 5.75 Å². The lowest BCUT2D eigenvalue weighted by atomic mass is 10.1. The Kier molecular flexibility index (Phi) is 2.72.